The second kappa shape index (κ2) is 7.50. The third kappa shape index (κ3) is 3.89. The summed E-state index contributed by atoms with van der Waals surface area (Å²) in [6, 6.07) is 10.7. The van der Waals surface area contributed by atoms with E-state index in [1.165, 1.54) is 18.2 Å². The van der Waals surface area contributed by atoms with E-state index in [-0.39, 0.29) is 22.4 Å². The quantitative estimate of drug-likeness (QED) is 0.614. The Labute approximate surface area is 148 Å². The van der Waals surface area contributed by atoms with E-state index in [0.29, 0.717) is 37.6 Å². The summed E-state index contributed by atoms with van der Waals surface area (Å²) in [6.07, 6.45) is 0. The number of rotatable bonds is 4. The van der Waals surface area contributed by atoms with Gasteiger partial charge in [-0.2, -0.15) is 0 Å². The molecule has 1 aliphatic heterocycles. The van der Waals surface area contributed by atoms with E-state index in [2.05, 4.69) is 0 Å². The fourth-order valence-corrected chi connectivity index (χ4v) is 2.69. The van der Waals surface area contributed by atoms with Crippen molar-refractivity contribution >= 4 is 23.2 Å². The van der Waals surface area contributed by atoms with Crippen LogP contribution in [0.2, 0.25) is 5.02 Å². The largest absolute Gasteiger partial charge is 0.455 e. The molecule has 0 spiro atoms. The Balaban J connectivity index is 1.86. The van der Waals surface area contributed by atoms with Crippen molar-refractivity contribution in [1.82, 2.24) is 4.90 Å². The molecule has 0 aliphatic carbocycles. The summed E-state index contributed by atoms with van der Waals surface area (Å²) < 4.78 is 11.0. The van der Waals surface area contributed by atoms with Crippen LogP contribution in [-0.2, 0) is 4.74 Å². The highest BCUT2D eigenvalue weighted by Crippen LogP contribution is 2.34. The fraction of sp³-hybridized carbons (Fsp3) is 0.235. The number of carbonyl (C=O) groups is 1. The first-order valence-electron chi connectivity index (χ1n) is 7.64. The molecule has 3 rings (SSSR count). The Morgan fingerprint density at radius 2 is 1.88 bits per heavy atom. The topological polar surface area (TPSA) is 81.9 Å². The van der Waals surface area contributed by atoms with Crippen LogP contribution in [0.4, 0.5) is 5.69 Å². The number of benzene rings is 2. The van der Waals surface area contributed by atoms with Gasteiger partial charge in [0.25, 0.3) is 11.6 Å². The van der Waals surface area contributed by atoms with E-state index in [9.17, 15) is 14.9 Å². The van der Waals surface area contributed by atoms with E-state index in [4.69, 9.17) is 21.1 Å². The maximum absolute atomic E-state index is 12.7. The van der Waals surface area contributed by atoms with E-state index in [0.717, 1.165) is 0 Å². The molecule has 130 valence electrons. The minimum atomic E-state index is -0.536. The Morgan fingerprint density at radius 1 is 1.16 bits per heavy atom. The number of nitrogens with zero attached hydrogens (tertiary/aromatic N) is 2. The summed E-state index contributed by atoms with van der Waals surface area (Å²) in [4.78, 5) is 24.7. The predicted octanol–water partition coefficient (Wildman–Crippen LogP) is 3.51. The summed E-state index contributed by atoms with van der Waals surface area (Å²) >= 11 is 6.06. The van der Waals surface area contributed by atoms with Gasteiger partial charge in [-0.25, -0.2) is 0 Å². The zero-order valence-electron chi connectivity index (χ0n) is 13.2. The van der Waals surface area contributed by atoms with E-state index in [1.807, 2.05) is 0 Å². The molecule has 7 nitrogen and oxygen atoms in total. The molecule has 0 atom stereocenters. The smallest absolute Gasteiger partial charge is 0.271 e. The van der Waals surface area contributed by atoms with Crippen molar-refractivity contribution in [3.63, 3.8) is 0 Å². The molecule has 1 amide bonds. The highest BCUT2D eigenvalue weighted by atomic mass is 35.5. The zero-order chi connectivity index (χ0) is 17.8. The minimum Gasteiger partial charge on any atom is -0.455 e. The number of morpholine rings is 1. The highest BCUT2D eigenvalue weighted by Gasteiger charge is 2.22. The molecule has 0 unspecified atom stereocenters. The molecule has 2 aromatic carbocycles. The van der Waals surface area contributed by atoms with Gasteiger partial charge in [-0.3, -0.25) is 14.9 Å². The van der Waals surface area contributed by atoms with Gasteiger partial charge in [-0.1, -0.05) is 23.7 Å². The maximum Gasteiger partial charge on any atom is 0.271 e. The molecule has 1 heterocycles. The van der Waals surface area contributed by atoms with Gasteiger partial charge in [0.2, 0.25) is 0 Å². The maximum atomic E-state index is 12.7. The van der Waals surface area contributed by atoms with Crippen LogP contribution < -0.4 is 4.74 Å². The fourth-order valence-electron chi connectivity index (χ4n) is 2.47. The monoisotopic (exact) mass is 362 g/mol. The molecular weight excluding hydrogens is 348 g/mol. The minimum absolute atomic E-state index is 0.0998. The third-order valence-electron chi connectivity index (χ3n) is 3.76. The van der Waals surface area contributed by atoms with Crippen LogP contribution >= 0.6 is 11.6 Å². The number of amides is 1. The Kier molecular flexibility index (Phi) is 5.16. The lowest BCUT2D eigenvalue weighted by Crippen LogP contribution is -2.40. The SMILES string of the molecule is O=C(c1ccccc1Oc1ccc([N+](=O)[O-])cc1Cl)N1CCOCC1. The molecule has 8 heteroatoms. The lowest BCUT2D eigenvalue weighted by atomic mass is 10.1. The number of nitro benzene ring substituents is 1. The molecule has 1 saturated heterocycles. The second-order valence-electron chi connectivity index (χ2n) is 5.37. The average Bonchev–Trinajstić information content (AvgIpc) is 2.64. The number of nitro groups is 1. The molecule has 2 aromatic rings. The van der Waals surface area contributed by atoms with Crippen LogP contribution in [0.3, 0.4) is 0 Å². The standard InChI is InChI=1S/C17H15ClN2O5/c18-14-11-12(20(22)23)5-6-16(14)25-15-4-2-1-3-13(15)17(21)19-7-9-24-10-8-19/h1-6,11H,7-10H2. The van der Waals surface area contributed by atoms with Crippen molar-refractivity contribution in [1.29, 1.82) is 0 Å². The Morgan fingerprint density at radius 3 is 2.56 bits per heavy atom. The number of ether oxygens (including phenoxy) is 2. The number of halogens is 1. The lowest BCUT2D eigenvalue weighted by molar-refractivity contribution is -0.384. The van der Waals surface area contributed by atoms with Gasteiger partial charge in [0.15, 0.2) is 0 Å². The van der Waals surface area contributed by atoms with Crippen LogP contribution in [0, 0.1) is 10.1 Å². The number of carbonyl (C=O) groups excluding carboxylic acids is 1. The summed E-state index contributed by atoms with van der Waals surface area (Å²) in [5.41, 5.74) is 0.272. The summed E-state index contributed by atoms with van der Waals surface area (Å²) in [5.74, 6) is 0.432. The molecule has 1 aliphatic rings. The molecule has 25 heavy (non-hydrogen) atoms. The van der Waals surface area contributed by atoms with Gasteiger partial charge in [0, 0.05) is 25.2 Å². The van der Waals surface area contributed by atoms with Crippen LogP contribution in [0.25, 0.3) is 0 Å². The van der Waals surface area contributed by atoms with Gasteiger partial charge in [0.1, 0.15) is 11.5 Å². The van der Waals surface area contributed by atoms with Crippen molar-refractivity contribution in [3.8, 4) is 11.5 Å². The first-order valence-corrected chi connectivity index (χ1v) is 8.02. The van der Waals surface area contributed by atoms with Gasteiger partial charge >= 0.3 is 0 Å². The van der Waals surface area contributed by atoms with Gasteiger partial charge in [-0.05, 0) is 18.2 Å². The normalized spacial score (nSPS) is 14.2. The van der Waals surface area contributed by atoms with E-state index >= 15 is 0 Å². The molecule has 1 fully saturated rings. The molecule has 0 N–H and O–H groups in total. The second-order valence-corrected chi connectivity index (χ2v) is 5.78. The van der Waals surface area contributed by atoms with E-state index < -0.39 is 4.92 Å². The van der Waals surface area contributed by atoms with Crippen molar-refractivity contribution in [2.75, 3.05) is 26.3 Å². The van der Waals surface area contributed by atoms with Crippen molar-refractivity contribution in [2.24, 2.45) is 0 Å². The van der Waals surface area contributed by atoms with E-state index in [1.54, 1.807) is 29.2 Å². The number of hydrogen-bond acceptors (Lipinski definition) is 5. The molecule has 0 radical (unpaired) electrons. The Hall–Kier alpha value is -2.64. The summed E-state index contributed by atoms with van der Waals surface area (Å²) in [5, 5.41) is 10.9. The molecule has 0 saturated carbocycles. The number of hydrogen-bond donors (Lipinski definition) is 0. The Bertz CT molecular complexity index is 805. The molecule has 0 aromatic heterocycles. The van der Waals surface area contributed by atoms with Crippen LogP contribution in [0.15, 0.2) is 42.5 Å². The third-order valence-corrected chi connectivity index (χ3v) is 4.06. The van der Waals surface area contributed by atoms with Crippen molar-refractivity contribution in [3.05, 3.63) is 63.2 Å². The first kappa shape index (κ1) is 17.2. The zero-order valence-corrected chi connectivity index (χ0v) is 13.9. The predicted molar refractivity (Wildman–Crippen MR) is 91.3 cm³/mol. The molecular formula is C17H15ClN2O5. The van der Waals surface area contributed by atoms with Crippen LogP contribution in [0.1, 0.15) is 10.4 Å². The van der Waals surface area contributed by atoms with Crippen LogP contribution in [-0.4, -0.2) is 42.0 Å². The number of para-hydroxylation sites is 1. The first-order chi connectivity index (χ1) is 12.1. The molecule has 0 bridgehead atoms. The summed E-state index contributed by atoms with van der Waals surface area (Å²) in [6.45, 7) is 2.04. The highest BCUT2D eigenvalue weighted by molar-refractivity contribution is 6.32. The number of non-ortho nitro benzene ring substituents is 1. The van der Waals surface area contributed by atoms with Crippen molar-refractivity contribution in [2.45, 2.75) is 0 Å². The van der Waals surface area contributed by atoms with Crippen molar-refractivity contribution < 1.29 is 19.2 Å². The van der Waals surface area contributed by atoms with Crippen LogP contribution in [0.5, 0.6) is 11.5 Å². The average molecular weight is 363 g/mol. The van der Waals surface area contributed by atoms with Gasteiger partial charge in [0.05, 0.1) is 28.7 Å². The van der Waals surface area contributed by atoms with Gasteiger partial charge in [-0.15, -0.1) is 0 Å². The summed E-state index contributed by atoms with van der Waals surface area (Å²) in [7, 11) is 0. The van der Waals surface area contributed by atoms with Gasteiger partial charge < -0.3 is 14.4 Å². The lowest BCUT2D eigenvalue weighted by Gasteiger charge is -2.27.